The highest BCUT2D eigenvalue weighted by atomic mass is 79.9. The number of fused-ring (bicyclic) bond motifs is 1. The van der Waals surface area contributed by atoms with Gasteiger partial charge >= 0.3 is 0 Å². The number of hydrogen-bond donors (Lipinski definition) is 1. The number of aryl methyl sites for hydroxylation is 1. The number of carbonyl (C=O) groups excluding carboxylic acids is 1. The Bertz CT molecular complexity index is 1600. The van der Waals surface area contributed by atoms with E-state index < -0.39 is 0 Å². The smallest absolute Gasteiger partial charge is 0.255 e. The van der Waals surface area contributed by atoms with Crippen LogP contribution in [-0.4, -0.2) is 30.3 Å². The quantitative estimate of drug-likeness (QED) is 0.0830. The van der Waals surface area contributed by atoms with Crippen molar-refractivity contribution in [2.45, 2.75) is 17.8 Å². The number of nitrogens with zero attached hydrogens (tertiary/aromatic N) is 5. The van der Waals surface area contributed by atoms with Crippen molar-refractivity contribution in [1.29, 1.82) is 0 Å². The van der Waals surface area contributed by atoms with Crippen LogP contribution in [0.3, 0.4) is 0 Å². The Labute approximate surface area is 234 Å². The van der Waals surface area contributed by atoms with Crippen molar-refractivity contribution in [2.24, 2.45) is 0 Å². The van der Waals surface area contributed by atoms with Crippen molar-refractivity contribution < 1.29 is 4.79 Å². The fourth-order valence-corrected chi connectivity index (χ4v) is 4.88. The molecular formula is C27H20Br2N6OS. The molecule has 0 amide bonds. The fraction of sp³-hybridized carbons (Fsp3) is 0.0741. The lowest BCUT2D eigenvalue weighted by Crippen LogP contribution is -2.03. The van der Waals surface area contributed by atoms with E-state index in [9.17, 15) is 4.79 Å². The number of carbonyl (C=O) groups is 1. The molecule has 0 unspecified atom stereocenters. The van der Waals surface area contributed by atoms with Crippen LogP contribution in [0.4, 0.5) is 11.5 Å². The highest BCUT2D eigenvalue weighted by Crippen LogP contribution is 2.24. The van der Waals surface area contributed by atoms with Crippen molar-refractivity contribution in [3.05, 3.63) is 110 Å². The molecule has 0 aliphatic carbocycles. The normalized spacial score (nSPS) is 11.3. The van der Waals surface area contributed by atoms with Crippen molar-refractivity contribution >= 4 is 72.8 Å². The number of nitrogens with one attached hydrogen (secondary N) is 1. The molecule has 1 N–H and O–H groups in total. The number of aromatic nitrogens is 5. The Hall–Kier alpha value is -3.34. The molecule has 7 nitrogen and oxygen atoms in total. The standard InChI is InChI=1S/C27H20Br2N6OS/c1-17-15-25(35-26(30-17)33-27(34-35)37-16-18-5-9-20(28)10-6-18)32-22-11-7-19(8-12-22)23(36)14-13-21-3-2-4-24(29)31-21/h2-15,32H,16H2,1H3/b14-13+. The van der Waals surface area contributed by atoms with E-state index >= 15 is 0 Å². The van der Waals surface area contributed by atoms with Gasteiger partial charge in [-0.15, -0.1) is 5.10 Å². The predicted molar refractivity (Wildman–Crippen MR) is 154 cm³/mol. The zero-order valence-electron chi connectivity index (χ0n) is 19.6. The third-order valence-corrected chi connectivity index (χ3v) is 7.17. The summed E-state index contributed by atoms with van der Waals surface area (Å²) >= 11 is 8.36. The maximum atomic E-state index is 12.6. The molecule has 0 fully saturated rings. The zero-order chi connectivity index (χ0) is 25.8. The number of pyridine rings is 1. The lowest BCUT2D eigenvalue weighted by molar-refractivity contribution is 0.104. The first-order valence-electron chi connectivity index (χ1n) is 11.3. The maximum absolute atomic E-state index is 12.6. The van der Waals surface area contributed by atoms with Crippen LogP contribution in [0.25, 0.3) is 11.9 Å². The predicted octanol–water partition coefficient (Wildman–Crippen LogP) is 7.28. The number of hydrogen-bond acceptors (Lipinski definition) is 7. The Balaban J connectivity index is 1.29. The summed E-state index contributed by atoms with van der Waals surface area (Å²) in [5.41, 5.74) is 4.12. The van der Waals surface area contributed by atoms with Crippen molar-refractivity contribution in [2.75, 3.05) is 5.32 Å². The van der Waals surface area contributed by atoms with E-state index in [1.54, 1.807) is 34.5 Å². The number of halogens is 2. The Morgan fingerprint density at radius 1 is 1.00 bits per heavy atom. The van der Waals surface area contributed by atoms with Crippen molar-refractivity contribution in [3.8, 4) is 0 Å². The monoisotopic (exact) mass is 634 g/mol. The van der Waals surface area contributed by atoms with Gasteiger partial charge in [-0.25, -0.2) is 9.97 Å². The van der Waals surface area contributed by atoms with Gasteiger partial charge in [0.25, 0.3) is 5.78 Å². The third-order valence-electron chi connectivity index (χ3n) is 5.29. The molecule has 37 heavy (non-hydrogen) atoms. The van der Waals surface area contributed by atoms with E-state index in [2.05, 4.69) is 69.4 Å². The summed E-state index contributed by atoms with van der Waals surface area (Å²) in [5.74, 6) is 1.93. The average Bonchev–Trinajstić information content (AvgIpc) is 3.30. The second-order valence-electron chi connectivity index (χ2n) is 8.09. The van der Waals surface area contributed by atoms with Gasteiger partial charge in [-0.1, -0.05) is 45.9 Å². The largest absolute Gasteiger partial charge is 0.340 e. The average molecular weight is 636 g/mol. The summed E-state index contributed by atoms with van der Waals surface area (Å²) in [6.07, 6.45) is 3.22. The van der Waals surface area contributed by atoms with Gasteiger partial charge in [0, 0.05) is 33.2 Å². The first-order valence-corrected chi connectivity index (χ1v) is 13.8. The number of anilines is 2. The van der Waals surface area contributed by atoms with Crippen LogP contribution in [0, 0.1) is 6.92 Å². The van der Waals surface area contributed by atoms with E-state index in [1.807, 2.05) is 55.5 Å². The van der Waals surface area contributed by atoms with Gasteiger partial charge in [0.1, 0.15) is 10.4 Å². The molecule has 3 heterocycles. The van der Waals surface area contributed by atoms with Crippen LogP contribution in [0.15, 0.2) is 93.1 Å². The van der Waals surface area contributed by atoms with E-state index in [1.165, 1.54) is 11.6 Å². The van der Waals surface area contributed by atoms with Gasteiger partial charge in [-0.3, -0.25) is 4.79 Å². The van der Waals surface area contributed by atoms with Crippen LogP contribution in [0.1, 0.15) is 27.3 Å². The summed E-state index contributed by atoms with van der Waals surface area (Å²) in [6.45, 7) is 1.92. The van der Waals surface area contributed by atoms with Gasteiger partial charge in [0.15, 0.2) is 5.78 Å². The van der Waals surface area contributed by atoms with Crippen LogP contribution >= 0.6 is 43.6 Å². The minimum absolute atomic E-state index is 0.0980. The molecule has 3 aromatic heterocycles. The summed E-state index contributed by atoms with van der Waals surface area (Å²) in [5, 5.41) is 8.67. The maximum Gasteiger partial charge on any atom is 0.255 e. The van der Waals surface area contributed by atoms with Crippen LogP contribution in [0.2, 0.25) is 0 Å². The Morgan fingerprint density at radius 2 is 1.78 bits per heavy atom. The zero-order valence-corrected chi connectivity index (χ0v) is 23.6. The number of allylic oxidation sites excluding steroid dienone is 1. The molecular weight excluding hydrogens is 616 g/mol. The summed E-state index contributed by atoms with van der Waals surface area (Å²) in [4.78, 5) is 26.0. The van der Waals surface area contributed by atoms with E-state index in [0.717, 1.165) is 32.0 Å². The molecule has 5 rings (SSSR count). The lowest BCUT2D eigenvalue weighted by Gasteiger charge is -2.09. The van der Waals surface area contributed by atoms with Crippen LogP contribution < -0.4 is 5.32 Å². The molecule has 0 atom stereocenters. The number of rotatable bonds is 8. The SMILES string of the molecule is Cc1cc(Nc2ccc(C(=O)/C=C/c3cccc(Br)n3)cc2)n2nc(SCc3ccc(Br)cc3)nc2n1. The van der Waals surface area contributed by atoms with Crippen LogP contribution in [0.5, 0.6) is 0 Å². The first-order chi connectivity index (χ1) is 17.9. The fourth-order valence-electron chi connectivity index (χ4n) is 3.49. The first kappa shape index (κ1) is 25.3. The summed E-state index contributed by atoms with van der Waals surface area (Å²) in [7, 11) is 0. The van der Waals surface area contributed by atoms with E-state index in [4.69, 9.17) is 0 Å². The molecule has 10 heteroatoms. The van der Waals surface area contributed by atoms with Gasteiger partial charge < -0.3 is 5.32 Å². The number of benzene rings is 2. The minimum atomic E-state index is -0.0980. The molecule has 0 bridgehead atoms. The molecule has 2 aromatic carbocycles. The van der Waals surface area contributed by atoms with Crippen molar-refractivity contribution in [1.82, 2.24) is 24.6 Å². The molecule has 184 valence electrons. The third kappa shape index (κ3) is 6.51. The van der Waals surface area contributed by atoms with E-state index in [0.29, 0.717) is 22.2 Å². The Morgan fingerprint density at radius 3 is 2.54 bits per heavy atom. The van der Waals surface area contributed by atoms with E-state index in [-0.39, 0.29) is 5.78 Å². The highest BCUT2D eigenvalue weighted by Gasteiger charge is 2.12. The van der Waals surface area contributed by atoms with Gasteiger partial charge in [0.2, 0.25) is 5.16 Å². The molecule has 0 saturated carbocycles. The summed E-state index contributed by atoms with van der Waals surface area (Å²) < 4.78 is 3.47. The molecule has 5 aromatic rings. The van der Waals surface area contributed by atoms with Crippen LogP contribution in [-0.2, 0) is 5.75 Å². The molecule has 0 radical (unpaired) electrons. The highest BCUT2D eigenvalue weighted by molar-refractivity contribution is 9.10. The molecule has 0 spiro atoms. The van der Waals surface area contributed by atoms with Gasteiger partial charge in [0.05, 0.1) is 5.69 Å². The second-order valence-corrected chi connectivity index (χ2v) is 10.8. The second kappa shape index (κ2) is 11.4. The summed E-state index contributed by atoms with van der Waals surface area (Å²) in [6, 6.07) is 23.0. The number of thioether (sulfide) groups is 1. The molecule has 0 aliphatic rings. The topological polar surface area (TPSA) is 85.1 Å². The van der Waals surface area contributed by atoms with Crippen molar-refractivity contribution in [3.63, 3.8) is 0 Å². The molecule has 0 saturated heterocycles. The lowest BCUT2D eigenvalue weighted by atomic mass is 10.1. The van der Waals surface area contributed by atoms with Gasteiger partial charge in [-0.2, -0.15) is 9.50 Å². The Kier molecular flexibility index (Phi) is 7.78. The number of ketones is 1. The van der Waals surface area contributed by atoms with Gasteiger partial charge in [-0.05, 0) is 89.1 Å². The minimum Gasteiger partial charge on any atom is -0.340 e. The molecule has 0 aliphatic heterocycles.